The Hall–Kier alpha value is -1.10. The van der Waals surface area contributed by atoms with E-state index >= 15 is 0 Å². The van der Waals surface area contributed by atoms with Crippen LogP contribution in [0.1, 0.15) is 64.2 Å². The number of rotatable bonds is 7. The Kier molecular flexibility index (Phi) is 7.16. The maximum absolute atomic E-state index is 11.7. The fraction of sp³-hybridized carbons (Fsp3) is 0.882. The van der Waals surface area contributed by atoms with Crippen LogP contribution in [0, 0.1) is 5.92 Å². The molecule has 1 atom stereocenters. The third kappa shape index (κ3) is 5.95. The number of likely N-dealkylation sites (tertiary alicyclic amines) is 1. The van der Waals surface area contributed by atoms with Crippen molar-refractivity contribution in [1.29, 1.82) is 0 Å². The molecule has 2 fully saturated rings. The largest absolute Gasteiger partial charge is 0.481 e. The first-order valence-electron chi connectivity index (χ1n) is 8.87. The van der Waals surface area contributed by atoms with Gasteiger partial charge in [-0.25, -0.2) is 0 Å². The molecule has 2 N–H and O–H groups in total. The van der Waals surface area contributed by atoms with E-state index in [4.69, 9.17) is 5.11 Å². The van der Waals surface area contributed by atoms with Crippen LogP contribution in [0.15, 0.2) is 0 Å². The van der Waals surface area contributed by atoms with E-state index in [2.05, 4.69) is 10.2 Å². The first-order valence-corrected chi connectivity index (χ1v) is 8.87. The van der Waals surface area contributed by atoms with Crippen molar-refractivity contribution in [3.63, 3.8) is 0 Å². The molecule has 0 radical (unpaired) electrons. The molecule has 126 valence electrons. The highest BCUT2D eigenvalue weighted by atomic mass is 16.4. The summed E-state index contributed by atoms with van der Waals surface area (Å²) in [5, 5.41) is 11.6. The van der Waals surface area contributed by atoms with Crippen LogP contribution >= 0.6 is 0 Å². The van der Waals surface area contributed by atoms with Crippen molar-refractivity contribution in [2.75, 3.05) is 19.6 Å². The molecule has 0 aromatic heterocycles. The maximum atomic E-state index is 11.7. The number of hydrogen-bond acceptors (Lipinski definition) is 3. The van der Waals surface area contributed by atoms with E-state index < -0.39 is 5.97 Å². The number of carboxylic acids is 1. The number of nitrogens with zero attached hydrogens (tertiary/aromatic N) is 1. The van der Waals surface area contributed by atoms with Crippen molar-refractivity contribution in [1.82, 2.24) is 10.2 Å². The van der Waals surface area contributed by atoms with Crippen molar-refractivity contribution in [3.8, 4) is 0 Å². The van der Waals surface area contributed by atoms with Gasteiger partial charge in [-0.1, -0.05) is 19.3 Å². The van der Waals surface area contributed by atoms with E-state index in [1.807, 2.05) is 0 Å². The number of nitrogens with one attached hydrogen (secondary N) is 1. The summed E-state index contributed by atoms with van der Waals surface area (Å²) in [6.45, 7) is 3.07. The van der Waals surface area contributed by atoms with E-state index in [1.54, 1.807) is 0 Å². The number of carboxylic acid groups (broad SMARTS) is 1. The van der Waals surface area contributed by atoms with Crippen LogP contribution < -0.4 is 5.32 Å². The fourth-order valence-electron chi connectivity index (χ4n) is 3.79. The lowest BCUT2D eigenvalue weighted by molar-refractivity contribution is -0.137. The summed E-state index contributed by atoms with van der Waals surface area (Å²) in [6, 6.07) is 0.766. The van der Waals surface area contributed by atoms with E-state index in [0.29, 0.717) is 18.8 Å². The number of hydrogen-bond donors (Lipinski definition) is 2. The SMILES string of the molecule is O=C(O)CCCC(=O)NCC1CCCN(C2CCCCC2)C1. The van der Waals surface area contributed by atoms with Gasteiger partial charge in [0.05, 0.1) is 0 Å². The van der Waals surface area contributed by atoms with Gasteiger partial charge in [0.1, 0.15) is 0 Å². The number of piperidine rings is 1. The lowest BCUT2D eigenvalue weighted by Gasteiger charge is -2.40. The molecule has 0 bridgehead atoms. The summed E-state index contributed by atoms with van der Waals surface area (Å²) in [6.07, 6.45) is 10.1. The van der Waals surface area contributed by atoms with E-state index in [-0.39, 0.29) is 12.3 Å². The second-order valence-corrected chi connectivity index (χ2v) is 6.85. The Morgan fingerprint density at radius 3 is 2.55 bits per heavy atom. The third-order valence-corrected chi connectivity index (χ3v) is 5.02. The molecule has 1 unspecified atom stereocenters. The molecule has 1 saturated carbocycles. The molecule has 5 heteroatoms. The van der Waals surface area contributed by atoms with Crippen LogP contribution in [0.2, 0.25) is 0 Å². The minimum absolute atomic E-state index is 0.00367. The maximum Gasteiger partial charge on any atom is 0.303 e. The van der Waals surface area contributed by atoms with Gasteiger partial charge < -0.3 is 15.3 Å². The Bertz CT molecular complexity index is 367. The first-order chi connectivity index (χ1) is 10.6. The molecule has 2 rings (SSSR count). The number of amides is 1. The van der Waals surface area contributed by atoms with Crippen molar-refractivity contribution < 1.29 is 14.7 Å². The average Bonchev–Trinajstić information content (AvgIpc) is 2.54. The number of aliphatic carboxylic acids is 1. The first kappa shape index (κ1) is 17.3. The quantitative estimate of drug-likeness (QED) is 0.757. The highest BCUT2D eigenvalue weighted by molar-refractivity contribution is 5.76. The van der Waals surface area contributed by atoms with Crippen molar-refractivity contribution in [2.24, 2.45) is 5.92 Å². The second-order valence-electron chi connectivity index (χ2n) is 6.85. The zero-order chi connectivity index (χ0) is 15.8. The molecular formula is C17H30N2O3. The average molecular weight is 310 g/mol. The molecule has 1 aliphatic carbocycles. The Morgan fingerprint density at radius 2 is 1.82 bits per heavy atom. The smallest absolute Gasteiger partial charge is 0.303 e. The van der Waals surface area contributed by atoms with E-state index in [0.717, 1.165) is 19.1 Å². The standard InChI is InChI=1S/C17H30N2O3/c20-16(9-4-10-17(21)22)18-12-14-6-5-11-19(13-14)15-7-2-1-3-8-15/h14-15H,1-13H2,(H,18,20)(H,21,22). The van der Waals surface area contributed by atoms with Gasteiger partial charge in [0.15, 0.2) is 0 Å². The predicted molar refractivity (Wildman–Crippen MR) is 85.7 cm³/mol. The molecule has 0 spiro atoms. The fourth-order valence-corrected chi connectivity index (χ4v) is 3.79. The normalized spacial score (nSPS) is 24.1. The third-order valence-electron chi connectivity index (χ3n) is 5.02. The Morgan fingerprint density at radius 1 is 1.05 bits per heavy atom. The van der Waals surface area contributed by atoms with Crippen LogP contribution in [0.5, 0.6) is 0 Å². The van der Waals surface area contributed by atoms with Gasteiger partial charge in [-0.05, 0) is 44.6 Å². The van der Waals surface area contributed by atoms with E-state index in [9.17, 15) is 9.59 Å². The summed E-state index contributed by atoms with van der Waals surface area (Å²) in [4.78, 5) is 24.8. The molecule has 0 aromatic carbocycles. The van der Waals surface area contributed by atoms with Gasteiger partial charge in [-0.2, -0.15) is 0 Å². The molecule has 1 aliphatic heterocycles. The Labute approximate surface area is 133 Å². The highest BCUT2D eigenvalue weighted by Gasteiger charge is 2.26. The summed E-state index contributed by atoms with van der Waals surface area (Å²) in [7, 11) is 0. The lowest BCUT2D eigenvalue weighted by atomic mass is 9.90. The minimum Gasteiger partial charge on any atom is -0.481 e. The lowest BCUT2D eigenvalue weighted by Crippen LogP contribution is -2.46. The molecule has 1 amide bonds. The van der Waals surface area contributed by atoms with Crippen molar-refractivity contribution in [2.45, 2.75) is 70.3 Å². The summed E-state index contributed by atoms with van der Waals surface area (Å²) in [5.74, 6) is -0.279. The highest BCUT2D eigenvalue weighted by Crippen LogP contribution is 2.26. The van der Waals surface area contributed by atoms with E-state index in [1.165, 1.54) is 51.5 Å². The minimum atomic E-state index is -0.830. The van der Waals surface area contributed by atoms with Crippen LogP contribution in [0.4, 0.5) is 0 Å². The zero-order valence-corrected chi connectivity index (χ0v) is 13.6. The van der Waals surface area contributed by atoms with Crippen LogP contribution in [0.3, 0.4) is 0 Å². The van der Waals surface area contributed by atoms with Crippen molar-refractivity contribution >= 4 is 11.9 Å². The summed E-state index contributed by atoms with van der Waals surface area (Å²) in [5.41, 5.74) is 0. The molecule has 22 heavy (non-hydrogen) atoms. The topological polar surface area (TPSA) is 69.6 Å². The van der Waals surface area contributed by atoms with Gasteiger partial charge in [-0.3, -0.25) is 9.59 Å². The van der Waals surface area contributed by atoms with Gasteiger partial charge in [0, 0.05) is 32.0 Å². The molecule has 2 aliphatic rings. The second kappa shape index (κ2) is 9.13. The van der Waals surface area contributed by atoms with Gasteiger partial charge >= 0.3 is 5.97 Å². The molecule has 0 aromatic rings. The van der Waals surface area contributed by atoms with Crippen molar-refractivity contribution in [3.05, 3.63) is 0 Å². The monoisotopic (exact) mass is 310 g/mol. The summed E-state index contributed by atoms with van der Waals surface area (Å²) >= 11 is 0. The van der Waals surface area contributed by atoms with Gasteiger partial charge in [0.25, 0.3) is 0 Å². The number of carbonyl (C=O) groups excluding carboxylic acids is 1. The molecule has 5 nitrogen and oxygen atoms in total. The summed E-state index contributed by atoms with van der Waals surface area (Å²) < 4.78 is 0. The molecule has 1 heterocycles. The van der Waals surface area contributed by atoms with Crippen LogP contribution in [-0.2, 0) is 9.59 Å². The molecular weight excluding hydrogens is 280 g/mol. The van der Waals surface area contributed by atoms with Gasteiger partial charge in [-0.15, -0.1) is 0 Å². The number of carbonyl (C=O) groups is 2. The van der Waals surface area contributed by atoms with Crippen LogP contribution in [0.25, 0.3) is 0 Å². The van der Waals surface area contributed by atoms with Crippen LogP contribution in [-0.4, -0.2) is 47.6 Å². The molecule has 1 saturated heterocycles. The van der Waals surface area contributed by atoms with Gasteiger partial charge in [0.2, 0.25) is 5.91 Å². The zero-order valence-electron chi connectivity index (χ0n) is 13.6. The Balaban J connectivity index is 1.64. The predicted octanol–water partition coefficient (Wildman–Crippen LogP) is 2.40.